The van der Waals surface area contributed by atoms with E-state index in [-0.39, 0.29) is 0 Å². The van der Waals surface area contributed by atoms with Gasteiger partial charge < -0.3 is 8.23 Å². The van der Waals surface area contributed by atoms with E-state index >= 15 is 0 Å². The third-order valence-corrected chi connectivity index (χ3v) is 17.4. The van der Waals surface area contributed by atoms with Gasteiger partial charge in [-0.3, -0.25) is 0 Å². The molecule has 2 rings (SSSR count). The van der Waals surface area contributed by atoms with E-state index in [4.69, 9.17) is 8.23 Å². The van der Waals surface area contributed by atoms with Crippen molar-refractivity contribution < 1.29 is 8.23 Å². The molecule has 1 saturated heterocycles. The number of benzene rings is 1. The highest BCUT2D eigenvalue weighted by Crippen LogP contribution is 2.30. The van der Waals surface area contributed by atoms with Crippen LogP contribution in [0.2, 0.25) is 12.6 Å². The Morgan fingerprint density at radius 1 is 1.21 bits per heavy atom. The summed E-state index contributed by atoms with van der Waals surface area (Å²) < 4.78 is 12.3. The van der Waals surface area contributed by atoms with Gasteiger partial charge in [-0.05, 0) is 17.8 Å². The van der Waals surface area contributed by atoms with Gasteiger partial charge in [-0.2, -0.15) is 0 Å². The highest BCUT2D eigenvalue weighted by atomic mass is 29.2. The molecule has 1 aromatic rings. The molecule has 0 spiro atoms. The molecule has 1 heterocycles. The van der Waals surface area contributed by atoms with Gasteiger partial charge in [0.15, 0.2) is 0 Å². The van der Waals surface area contributed by atoms with Gasteiger partial charge in [0.2, 0.25) is 0 Å². The van der Waals surface area contributed by atoms with E-state index < -0.39 is 16.6 Å². The number of hydrogen-bond donors (Lipinski definition) is 0. The minimum Gasteiger partial charge on any atom is -0.415 e. The predicted molar refractivity (Wildman–Crippen MR) is 66.0 cm³/mol. The van der Waals surface area contributed by atoms with Crippen LogP contribution in [-0.4, -0.2) is 26.4 Å². The molecule has 0 atom stereocenters. The van der Waals surface area contributed by atoms with Crippen LogP contribution in [0.4, 0.5) is 0 Å². The molecular formula is C9H16O2Si3. The Bertz CT molecular complexity index is 322. The zero-order chi connectivity index (χ0) is 10.2. The third-order valence-electron chi connectivity index (χ3n) is 2.76. The Balaban J connectivity index is 2.15. The molecule has 0 amide bonds. The molecule has 2 nitrogen and oxygen atoms in total. The first-order chi connectivity index (χ1) is 6.58. The lowest BCUT2D eigenvalue weighted by Gasteiger charge is -2.50. The van der Waals surface area contributed by atoms with Gasteiger partial charge >= 0.3 is 16.6 Å². The van der Waals surface area contributed by atoms with Crippen LogP contribution in [-0.2, 0) is 8.23 Å². The molecule has 0 unspecified atom stereocenters. The van der Waals surface area contributed by atoms with Gasteiger partial charge in [0.1, 0.15) is 0 Å². The smallest absolute Gasteiger partial charge is 0.320 e. The Labute approximate surface area is 90.0 Å². The van der Waals surface area contributed by atoms with E-state index in [1.807, 2.05) is 6.07 Å². The highest BCUT2D eigenvalue weighted by molar-refractivity contribution is 7.25. The standard InChI is InChI=1S/C9H16O2Si3/c1-3-13(2)10-14(12,11-13)9-7-5-4-6-8-9/h4-8H,3H2,1-2,12H3. The summed E-state index contributed by atoms with van der Waals surface area (Å²) in [4.78, 5) is 0. The van der Waals surface area contributed by atoms with E-state index in [0.717, 1.165) is 15.8 Å². The second-order valence-corrected chi connectivity index (χ2v) is 15.0. The van der Waals surface area contributed by atoms with Gasteiger partial charge in [0.05, 0.1) is 9.76 Å². The minimum absolute atomic E-state index is 1.03. The Morgan fingerprint density at radius 2 is 1.79 bits per heavy atom. The Kier molecular flexibility index (Phi) is 2.52. The summed E-state index contributed by atoms with van der Waals surface area (Å²) in [6.07, 6.45) is 0. The van der Waals surface area contributed by atoms with Crippen LogP contribution in [0.3, 0.4) is 0 Å². The maximum absolute atomic E-state index is 6.17. The van der Waals surface area contributed by atoms with Crippen LogP contribution >= 0.6 is 0 Å². The molecule has 0 aromatic heterocycles. The zero-order valence-electron chi connectivity index (χ0n) is 8.91. The molecule has 1 aliphatic heterocycles. The van der Waals surface area contributed by atoms with Crippen LogP contribution in [0, 0.1) is 0 Å². The fourth-order valence-corrected chi connectivity index (χ4v) is 20.2. The molecule has 0 saturated carbocycles. The van der Waals surface area contributed by atoms with E-state index in [1.165, 1.54) is 5.19 Å². The maximum atomic E-state index is 6.17. The average molecular weight is 240 g/mol. The van der Waals surface area contributed by atoms with Crippen molar-refractivity contribution >= 4 is 31.6 Å². The summed E-state index contributed by atoms with van der Waals surface area (Å²) >= 11 is 0. The van der Waals surface area contributed by atoms with Crippen LogP contribution in [0.5, 0.6) is 0 Å². The lowest BCUT2D eigenvalue weighted by Crippen LogP contribution is -2.75. The summed E-state index contributed by atoms with van der Waals surface area (Å²) in [5.41, 5.74) is 0. The van der Waals surface area contributed by atoms with Crippen molar-refractivity contribution in [3.63, 3.8) is 0 Å². The van der Waals surface area contributed by atoms with Gasteiger partial charge in [-0.25, -0.2) is 0 Å². The van der Waals surface area contributed by atoms with Crippen molar-refractivity contribution in [2.75, 3.05) is 0 Å². The molecule has 0 aliphatic carbocycles. The molecule has 76 valence electrons. The molecule has 1 fully saturated rings. The summed E-state index contributed by atoms with van der Waals surface area (Å²) in [6, 6.07) is 11.5. The fourth-order valence-electron chi connectivity index (χ4n) is 1.83. The van der Waals surface area contributed by atoms with Gasteiger partial charge in [-0.1, -0.05) is 37.3 Å². The third kappa shape index (κ3) is 1.66. The van der Waals surface area contributed by atoms with Crippen molar-refractivity contribution in [1.29, 1.82) is 0 Å². The van der Waals surface area contributed by atoms with E-state index in [9.17, 15) is 0 Å². The molecule has 14 heavy (non-hydrogen) atoms. The van der Waals surface area contributed by atoms with E-state index in [0.29, 0.717) is 0 Å². The summed E-state index contributed by atoms with van der Waals surface area (Å²) in [5.74, 6) is 0. The monoisotopic (exact) mass is 240 g/mol. The summed E-state index contributed by atoms with van der Waals surface area (Å²) in [5, 5.41) is 1.31. The average Bonchev–Trinajstić information content (AvgIpc) is 2.17. The van der Waals surface area contributed by atoms with Gasteiger partial charge in [-0.15, -0.1) is 0 Å². The lowest BCUT2D eigenvalue weighted by atomic mass is 10.4. The molecule has 1 aromatic carbocycles. The number of hydrogen-bond acceptors (Lipinski definition) is 2. The summed E-state index contributed by atoms with van der Waals surface area (Å²) in [7, 11) is -2.49. The molecule has 0 N–H and O–H groups in total. The van der Waals surface area contributed by atoms with Crippen molar-refractivity contribution in [3.05, 3.63) is 30.3 Å². The lowest BCUT2D eigenvalue weighted by molar-refractivity contribution is 0.253. The molecular weight excluding hydrogens is 224 g/mol. The quantitative estimate of drug-likeness (QED) is 0.694. The van der Waals surface area contributed by atoms with Crippen molar-refractivity contribution in [2.24, 2.45) is 0 Å². The second kappa shape index (κ2) is 3.42. The van der Waals surface area contributed by atoms with E-state index in [1.54, 1.807) is 0 Å². The second-order valence-electron chi connectivity index (χ2n) is 4.00. The van der Waals surface area contributed by atoms with Crippen LogP contribution < -0.4 is 5.19 Å². The first kappa shape index (κ1) is 10.3. The van der Waals surface area contributed by atoms with Crippen LogP contribution in [0.15, 0.2) is 30.3 Å². The van der Waals surface area contributed by atoms with Gasteiger partial charge in [0, 0.05) is 0 Å². The first-order valence-corrected chi connectivity index (χ1v) is 12.9. The Morgan fingerprint density at radius 3 is 2.29 bits per heavy atom. The fraction of sp³-hybridized carbons (Fsp3) is 0.333. The normalized spacial score (nSPS) is 36.7. The molecule has 0 bridgehead atoms. The zero-order valence-corrected chi connectivity index (χ0v) is 12.9. The topological polar surface area (TPSA) is 18.5 Å². The number of rotatable bonds is 2. The molecule has 5 heteroatoms. The van der Waals surface area contributed by atoms with E-state index in [2.05, 4.69) is 37.7 Å². The predicted octanol–water partition coefficient (Wildman–Crippen LogP) is 0.337. The SMILES string of the molecule is CC[Si]1(C)O[Si]([SiH3])(c2ccccc2)O1. The first-order valence-electron chi connectivity index (χ1n) is 5.04. The Hall–Kier alpha value is -0.209. The van der Waals surface area contributed by atoms with Crippen molar-refractivity contribution in [1.82, 2.24) is 0 Å². The molecule has 1 aliphatic rings. The minimum atomic E-state index is -1.83. The van der Waals surface area contributed by atoms with Crippen molar-refractivity contribution in [3.8, 4) is 0 Å². The maximum Gasteiger partial charge on any atom is 0.320 e. The molecule has 0 radical (unpaired) electrons. The van der Waals surface area contributed by atoms with Gasteiger partial charge in [0.25, 0.3) is 0 Å². The van der Waals surface area contributed by atoms with Crippen LogP contribution in [0.1, 0.15) is 6.92 Å². The highest BCUT2D eigenvalue weighted by Gasteiger charge is 2.55. The van der Waals surface area contributed by atoms with Crippen molar-refractivity contribution in [2.45, 2.75) is 19.5 Å². The van der Waals surface area contributed by atoms with Crippen LogP contribution in [0.25, 0.3) is 0 Å². The largest absolute Gasteiger partial charge is 0.415 e. The summed E-state index contributed by atoms with van der Waals surface area (Å²) in [6.45, 7) is 4.33.